The predicted molar refractivity (Wildman–Crippen MR) is 77.2 cm³/mol. The van der Waals surface area contributed by atoms with Crippen molar-refractivity contribution in [3.8, 4) is 0 Å². The minimum atomic E-state index is -0.317. The van der Waals surface area contributed by atoms with Gasteiger partial charge >= 0.3 is 0 Å². The molecule has 0 unspecified atom stereocenters. The van der Waals surface area contributed by atoms with Crippen molar-refractivity contribution < 1.29 is 4.39 Å². The summed E-state index contributed by atoms with van der Waals surface area (Å²) in [4.78, 5) is 4.32. The summed E-state index contributed by atoms with van der Waals surface area (Å²) in [5, 5.41) is 3.52. The zero-order valence-corrected chi connectivity index (χ0v) is 11.9. The molecule has 0 fully saturated rings. The molecule has 0 radical (unpaired) electrons. The highest BCUT2D eigenvalue weighted by molar-refractivity contribution is 6.30. The monoisotopic (exact) mass is 293 g/mol. The van der Waals surface area contributed by atoms with Crippen molar-refractivity contribution in [1.29, 1.82) is 0 Å². The van der Waals surface area contributed by atoms with Crippen molar-refractivity contribution in [2.24, 2.45) is 5.92 Å². The SMILES string of the molecule is Fc1c(Cl)cccc1CNC[C@H]1CCc2nccn2C1. The van der Waals surface area contributed by atoms with Crippen LogP contribution >= 0.6 is 11.6 Å². The highest BCUT2D eigenvalue weighted by Crippen LogP contribution is 2.19. The first-order valence-corrected chi connectivity index (χ1v) is 7.25. The zero-order chi connectivity index (χ0) is 13.9. The second-order valence-electron chi connectivity index (χ2n) is 5.24. The molecule has 106 valence electrons. The lowest BCUT2D eigenvalue weighted by Gasteiger charge is -2.24. The fourth-order valence-corrected chi connectivity index (χ4v) is 2.89. The third-order valence-corrected chi connectivity index (χ3v) is 4.10. The van der Waals surface area contributed by atoms with Gasteiger partial charge in [-0.15, -0.1) is 0 Å². The molecule has 1 aromatic carbocycles. The van der Waals surface area contributed by atoms with Gasteiger partial charge in [0, 0.05) is 37.5 Å². The number of fused-ring (bicyclic) bond motifs is 1. The lowest BCUT2D eigenvalue weighted by atomic mass is 9.99. The van der Waals surface area contributed by atoms with Crippen LogP contribution in [0.2, 0.25) is 5.02 Å². The molecule has 2 aromatic rings. The number of halogens is 2. The van der Waals surface area contributed by atoms with Gasteiger partial charge in [-0.25, -0.2) is 9.37 Å². The van der Waals surface area contributed by atoms with Gasteiger partial charge in [0.1, 0.15) is 11.6 Å². The Bertz CT molecular complexity index is 597. The van der Waals surface area contributed by atoms with Crippen LogP contribution in [0.4, 0.5) is 4.39 Å². The molecule has 2 heterocycles. The molecule has 5 heteroatoms. The molecular weight excluding hydrogens is 277 g/mol. The van der Waals surface area contributed by atoms with E-state index in [1.807, 2.05) is 12.4 Å². The average molecular weight is 294 g/mol. The van der Waals surface area contributed by atoms with Crippen molar-refractivity contribution in [3.05, 3.63) is 52.8 Å². The van der Waals surface area contributed by atoms with E-state index in [1.54, 1.807) is 18.2 Å². The molecule has 0 spiro atoms. The summed E-state index contributed by atoms with van der Waals surface area (Å²) in [6.45, 7) is 2.38. The third kappa shape index (κ3) is 2.86. The maximum absolute atomic E-state index is 13.7. The Labute approximate surface area is 122 Å². The van der Waals surface area contributed by atoms with Gasteiger partial charge in [0.25, 0.3) is 0 Å². The summed E-state index contributed by atoms with van der Waals surface area (Å²) in [5.41, 5.74) is 0.622. The molecule has 3 rings (SSSR count). The van der Waals surface area contributed by atoms with Crippen molar-refractivity contribution in [2.75, 3.05) is 6.54 Å². The van der Waals surface area contributed by atoms with Gasteiger partial charge in [0.05, 0.1) is 5.02 Å². The number of imidazole rings is 1. The Morgan fingerprint density at radius 2 is 2.35 bits per heavy atom. The quantitative estimate of drug-likeness (QED) is 0.939. The molecule has 1 aliphatic rings. The van der Waals surface area contributed by atoms with E-state index in [-0.39, 0.29) is 10.8 Å². The van der Waals surface area contributed by atoms with E-state index in [0.29, 0.717) is 18.0 Å². The number of rotatable bonds is 4. The van der Waals surface area contributed by atoms with Crippen molar-refractivity contribution in [1.82, 2.24) is 14.9 Å². The van der Waals surface area contributed by atoms with Crippen LogP contribution < -0.4 is 5.32 Å². The largest absolute Gasteiger partial charge is 0.335 e. The first-order chi connectivity index (χ1) is 9.74. The fraction of sp³-hybridized carbons (Fsp3) is 0.400. The molecule has 0 aliphatic carbocycles. The minimum Gasteiger partial charge on any atom is -0.335 e. The number of aromatic nitrogens is 2. The maximum Gasteiger partial charge on any atom is 0.146 e. The number of benzene rings is 1. The van der Waals surface area contributed by atoms with Crippen LogP contribution in [-0.2, 0) is 19.5 Å². The molecule has 1 atom stereocenters. The van der Waals surface area contributed by atoms with Crippen LogP contribution in [0, 0.1) is 11.7 Å². The van der Waals surface area contributed by atoms with Gasteiger partial charge in [-0.05, 0) is 24.9 Å². The van der Waals surface area contributed by atoms with Gasteiger partial charge in [0.15, 0.2) is 0 Å². The van der Waals surface area contributed by atoms with Gasteiger partial charge < -0.3 is 9.88 Å². The molecule has 0 saturated heterocycles. The molecule has 1 aliphatic heterocycles. The summed E-state index contributed by atoms with van der Waals surface area (Å²) < 4.78 is 15.9. The average Bonchev–Trinajstić information content (AvgIpc) is 2.91. The molecule has 3 nitrogen and oxygen atoms in total. The van der Waals surface area contributed by atoms with E-state index in [9.17, 15) is 4.39 Å². The van der Waals surface area contributed by atoms with E-state index >= 15 is 0 Å². The third-order valence-electron chi connectivity index (χ3n) is 3.81. The maximum atomic E-state index is 13.7. The van der Waals surface area contributed by atoms with E-state index in [2.05, 4.69) is 14.9 Å². The molecule has 0 bridgehead atoms. The Kier molecular flexibility index (Phi) is 4.03. The van der Waals surface area contributed by atoms with E-state index in [4.69, 9.17) is 11.6 Å². The van der Waals surface area contributed by atoms with Gasteiger partial charge in [-0.2, -0.15) is 0 Å². The Balaban J connectivity index is 1.52. The normalized spacial score (nSPS) is 18.0. The summed E-state index contributed by atoms with van der Waals surface area (Å²) in [7, 11) is 0. The van der Waals surface area contributed by atoms with Gasteiger partial charge in [-0.1, -0.05) is 23.7 Å². The first kappa shape index (κ1) is 13.6. The standard InChI is InChI=1S/C15H17ClFN3/c16-13-3-1-2-12(15(13)17)9-18-8-11-4-5-14-19-6-7-20(14)10-11/h1-3,6-7,11,18H,4-5,8-10H2/t11-/m1/s1. The van der Waals surface area contributed by atoms with Crippen LogP contribution in [0.15, 0.2) is 30.6 Å². The van der Waals surface area contributed by atoms with Crippen LogP contribution in [0.3, 0.4) is 0 Å². The number of nitrogens with zero attached hydrogens (tertiary/aromatic N) is 2. The lowest BCUT2D eigenvalue weighted by Crippen LogP contribution is -2.29. The van der Waals surface area contributed by atoms with Crippen molar-refractivity contribution in [3.63, 3.8) is 0 Å². The molecule has 0 saturated carbocycles. The minimum absolute atomic E-state index is 0.185. The number of nitrogens with one attached hydrogen (secondary N) is 1. The summed E-state index contributed by atoms with van der Waals surface area (Å²) in [6.07, 6.45) is 6.03. The second kappa shape index (κ2) is 5.94. The van der Waals surface area contributed by atoms with Crippen molar-refractivity contribution >= 4 is 11.6 Å². The molecule has 1 aromatic heterocycles. The smallest absolute Gasteiger partial charge is 0.146 e. The molecule has 20 heavy (non-hydrogen) atoms. The molecule has 0 amide bonds. The highest BCUT2D eigenvalue weighted by atomic mass is 35.5. The molecule has 1 N–H and O–H groups in total. The Morgan fingerprint density at radius 3 is 3.25 bits per heavy atom. The fourth-order valence-electron chi connectivity index (χ4n) is 2.70. The van der Waals surface area contributed by atoms with Gasteiger partial charge in [-0.3, -0.25) is 0 Å². The summed E-state index contributed by atoms with van der Waals surface area (Å²) >= 11 is 5.77. The number of aryl methyl sites for hydroxylation is 1. The van der Waals surface area contributed by atoms with Crippen molar-refractivity contribution in [2.45, 2.75) is 25.9 Å². The first-order valence-electron chi connectivity index (χ1n) is 6.87. The Hall–Kier alpha value is -1.39. The second-order valence-corrected chi connectivity index (χ2v) is 5.65. The highest BCUT2D eigenvalue weighted by Gasteiger charge is 2.18. The number of hydrogen-bond donors (Lipinski definition) is 1. The predicted octanol–water partition coefficient (Wildman–Crippen LogP) is 3.03. The Morgan fingerprint density at radius 1 is 1.45 bits per heavy atom. The summed E-state index contributed by atoms with van der Waals surface area (Å²) in [6, 6.07) is 5.12. The van der Waals surface area contributed by atoms with Gasteiger partial charge in [0.2, 0.25) is 0 Å². The van der Waals surface area contributed by atoms with Crippen LogP contribution in [0.5, 0.6) is 0 Å². The van der Waals surface area contributed by atoms with E-state index in [0.717, 1.165) is 25.9 Å². The van der Waals surface area contributed by atoms with E-state index in [1.165, 1.54) is 5.82 Å². The van der Waals surface area contributed by atoms with Crippen LogP contribution in [0.25, 0.3) is 0 Å². The van der Waals surface area contributed by atoms with Crippen LogP contribution in [0.1, 0.15) is 17.8 Å². The van der Waals surface area contributed by atoms with Crippen LogP contribution in [-0.4, -0.2) is 16.1 Å². The van der Waals surface area contributed by atoms with E-state index < -0.39 is 0 Å². The molecular formula is C15H17ClFN3. The topological polar surface area (TPSA) is 29.9 Å². The number of hydrogen-bond acceptors (Lipinski definition) is 2. The lowest BCUT2D eigenvalue weighted by molar-refractivity contribution is 0.346. The zero-order valence-electron chi connectivity index (χ0n) is 11.1. The summed E-state index contributed by atoms with van der Waals surface area (Å²) in [5.74, 6) is 1.42.